The van der Waals surface area contributed by atoms with E-state index in [1.165, 1.54) is 12.1 Å². The SMILES string of the molecule is CCOC[C@H](O)CN(Cc1c(C)nn(-c2ccccc2)c1Oc1ccc(F)cc1)CC(C)C. The lowest BCUT2D eigenvalue weighted by molar-refractivity contribution is 0.0173. The van der Waals surface area contributed by atoms with Gasteiger partial charge in [0.1, 0.15) is 11.6 Å². The van der Waals surface area contributed by atoms with E-state index in [1.807, 2.05) is 44.2 Å². The normalized spacial score (nSPS) is 12.5. The Balaban J connectivity index is 1.96. The topological polar surface area (TPSA) is 59.8 Å². The minimum absolute atomic E-state index is 0.298. The highest BCUT2D eigenvalue weighted by Gasteiger charge is 2.23. The van der Waals surface area contributed by atoms with E-state index >= 15 is 0 Å². The predicted octanol–water partition coefficient (Wildman–Crippen LogP) is 4.97. The second-order valence-corrected chi connectivity index (χ2v) is 8.57. The molecule has 6 nitrogen and oxygen atoms in total. The summed E-state index contributed by atoms with van der Waals surface area (Å²) in [6.07, 6.45) is -0.588. The van der Waals surface area contributed by atoms with Crippen LogP contribution in [-0.4, -0.2) is 52.2 Å². The summed E-state index contributed by atoms with van der Waals surface area (Å²) < 4.78 is 26.9. The van der Waals surface area contributed by atoms with Crippen LogP contribution in [0.15, 0.2) is 54.6 Å². The van der Waals surface area contributed by atoms with E-state index < -0.39 is 6.10 Å². The molecule has 1 atom stereocenters. The van der Waals surface area contributed by atoms with Crippen molar-refractivity contribution in [3.05, 3.63) is 71.7 Å². The summed E-state index contributed by atoms with van der Waals surface area (Å²) in [5.41, 5.74) is 2.63. The number of rotatable bonds is 12. The van der Waals surface area contributed by atoms with Gasteiger partial charge in [0.05, 0.1) is 29.7 Å². The van der Waals surface area contributed by atoms with Gasteiger partial charge in [0, 0.05) is 26.2 Å². The van der Waals surface area contributed by atoms with Crippen LogP contribution in [0.5, 0.6) is 11.6 Å². The van der Waals surface area contributed by atoms with Gasteiger partial charge in [0.2, 0.25) is 5.88 Å². The van der Waals surface area contributed by atoms with Gasteiger partial charge in [-0.3, -0.25) is 4.90 Å². The molecule has 178 valence electrons. The Hall–Kier alpha value is -2.74. The van der Waals surface area contributed by atoms with Crippen molar-refractivity contribution in [1.29, 1.82) is 0 Å². The van der Waals surface area contributed by atoms with Crippen molar-refractivity contribution in [3.63, 3.8) is 0 Å². The number of halogens is 1. The first kappa shape index (κ1) is 24.9. The number of benzene rings is 2. The maximum absolute atomic E-state index is 13.4. The fourth-order valence-electron chi connectivity index (χ4n) is 3.73. The van der Waals surface area contributed by atoms with Crippen molar-refractivity contribution >= 4 is 0 Å². The molecule has 33 heavy (non-hydrogen) atoms. The van der Waals surface area contributed by atoms with Gasteiger partial charge in [0.15, 0.2) is 0 Å². The largest absolute Gasteiger partial charge is 0.439 e. The number of hydrogen-bond donors (Lipinski definition) is 1. The minimum Gasteiger partial charge on any atom is -0.439 e. The third kappa shape index (κ3) is 7.12. The zero-order chi connectivity index (χ0) is 23.8. The first-order valence-corrected chi connectivity index (χ1v) is 11.4. The average Bonchev–Trinajstić information content (AvgIpc) is 3.09. The van der Waals surface area contributed by atoms with Crippen LogP contribution < -0.4 is 4.74 Å². The van der Waals surface area contributed by atoms with Gasteiger partial charge >= 0.3 is 0 Å². The lowest BCUT2D eigenvalue weighted by atomic mass is 10.1. The van der Waals surface area contributed by atoms with E-state index in [1.54, 1.807) is 16.8 Å². The average molecular weight is 456 g/mol. The summed E-state index contributed by atoms with van der Waals surface area (Å²) >= 11 is 0. The van der Waals surface area contributed by atoms with E-state index in [-0.39, 0.29) is 5.82 Å². The third-order valence-corrected chi connectivity index (χ3v) is 5.15. The summed E-state index contributed by atoms with van der Waals surface area (Å²) in [7, 11) is 0. The van der Waals surface area contributed by atoms with Crippen molar-refractivity contribution in [1.82, 2.24) is 14.7 Å². The van der Waals surface area contributed by atoms with Crippen molar-refractivity contribution in [2.75, 3.05) is 26.3 Å². The molecular formula is C26H34FN3O3. The molecule has 0 bridgehead atoms. The van der Waals surface area contributed by atoms with Gasteiger partial charge < -0.3 is 14.6 Å². The standard InChI is InChI=1S/C26H34FN3O3/c1-5-32-18-23(31)16-29(15-19(2)3)17-25-20(4)28-30(22-9-7-6-8-10-22)26(25)33-24-13-11-21(27)12-14-24/h6-14,19,23,31H,5,15-18H2,1-4H3/t23-/m1/s1. The molecule has 2 aromatic carbocycles. The van der Waals surface area contributed by atoms with Gasteiger partial charge in [-0.15, -0.1) is 0 Å². The minimum atomic E-state index is -0.588. The lowest BCUT2D eigenvalue weighted by Crippen LogP contribution is -2.37. The van der Waals surface area contributed by atoms with Crippen molar-refractivity contribution in [3.8, 4) is 17.3 Å². The number of aryl methyl sites for hydroxylation is 1. The number of para-hydroxylation sites is 1. The Bertz CT molecular complexity index is 990. The summed E-state index contributed by atoms with van der Waals surface area (Å²) in [6.45, 7) is 10.9. The number of hydrogen-bond acceptors (Lipinski definition) is 5. The van der Waals surface area contributed by atoms with E-state index in [0.29, 0.717) is 43.9 Å². The Labute approximate surface area is 195 Å². The van der Waals surface area contributed by atoms with Crippen LogP contribution in [0.4, 0.5) is 4.39 Å². The van der Waals surface area contributed by atoms with Gasteiger partial charge in [-0.25, -0.2) is 9.07 Å². The Morgan fingerprint density at radius 3 is 2.39 bits per heavy atom. The number of nitrogens with zero attached hydrogens (tertiary/aromatic N) is 3. The summed E-state index contributed by atoms with van der Waals surface area (Å²) in [4.78, 5) is 2.20. The quantitative estimate of drug-likeness (QED) is 0.418. The highest BCUT2D eigenvalue weighted by Crippen LogP contribution is 2.32. The van der Waals surface area contributed by atoms with Crippen molar-refractivity contribution < 1.29 is 19.0 Å². The molecule has 7 heteroatoms. The number of aromatic nitrogens is 2. The Morgan fingerprint density at radius 2 is 1.76 bits per heavy atom. The van der Waals surface area contributed by atoms with Crippen LogP contribution >= 0.6 is 0 Å². The molecule has 1 aromatic heterocycles. The maximum Gasteiger partial charge on any atom is 0.227 e. The van der Waals surface area contributed by atoms with Gasteiger partial charge in [-0.05, 0) is 56.2 Å². The molecule has 1 heterocycles. The molecule has 0 aliphatic rings. The highest BCUT2D eigenvalue weighted by atomic mass is 19.1. The van der Waals surface area contributed by atoms with Crippen molar-refractivity contribution in [2.45, 2.75) is 40.3 Å². The second-order valence-electron chi connectivity index (χ2n) is 8.57. The fraction of sp³-hybridized carbons (Fsp3) is 0.423. The van der Waals surface area contributed by atoms with Crippen LogP contribution in [0.1, 0.15) is 32.0 Å². The molecule has 3 aromatic rings. The Morgan fingerprint density at radius 1 is 1.06 bits per heavy atom. The number of aliphatic hydroxyl groups excluding tert-OH is 1. The zero-order valence-electron chi connectivity index (χ0n) is 19.9. The molecule has 0 saturated heterocycles. The number of ether oxygens (including phenoxy) is 2. The molecule has 3 rings (SSSR count). The van der Waals surface area contributed by atoms with Gasteiger partial charge in [-0.1, -0.05) is 32.0 Å². The van der Waals surface area contributed by atoms with Crippen molar-refractivity contribution in [2.24, 2.45) is 5.92 Å². The van der Waals surface area contributed by atoms with Crippen LogP contribution in [0.2, 0.25) is 0 Å². The molecule has 0 amide bonds. The van der Waals surface area contributed by atoms with E-state index in [9.17, 15) is 9.50 Å². The summed E-state index contributed by atoms with van der Waals surface area (Å²) in [5, 5.41) is 15.2. The molecule has 0 radical (unpaired) electrons. The van der Waals surface area contributed by atoms with E-state index in [0.717, 1.165) is 23.5 Å². The van der Waals surface area contributed by atoms with E-state index in [2.05, 4.69) is 18.7 Å². The molecule has 0 spiro atoms. The van der Waals surface area contributed by atoms with Crippen LogP contribution in [0.25, 0.3) is 5.69 Å². The van der Waals surface area contributed by atoms with Crippen LogP contribution in [-0.2, 0) is 11.3 Å². The van der Waals surface area contributed by atoms with Gasteiger partial charge in [-0.2, -0.15) is 5.10 Å². The van der Waals surface area contributed by atoms with E-state index in [4.69, 9.17) is 14.6 Å². The highest BCUT2D eigenvalue weighted by molar-refractivity contribution is 5.43. The summed E-state index contributed by atoms with van der Waals surface area (Å²) in [5.74, 6) is 1.21. The maximum atomic E-state index is 13.4. The first-order valence-electron chi connectivity index (χ1n) is 11.4. The smallest absolute Gasteiger partial charge is 0.227 e. The molecule has 0 saturated carbocycles. The molecule has 0 aliphatic carbocycles. The third-order valence-electron chi connectivity index (χ3n) is 5.15. The molecular weight excluding hydrogens is 421 g/mol. The molecule has 0 aliphatic heterocycles. The molecule has 1 N–H and O–H groups in total. The van der Waals surface area contributed by atoms with Gasteiger partial charge in [0.25, 0.3) is 0 Å². The lowest BCUT2D eigenvalue weighted by Gasteiger charge is -2.27. The monoisotopic (exact) mass is 455 g/mol. The first-order chi connectivity index (χ1) is 15.9. The van der Waals surface area contributed by atoms with Crippen LogP contribution in [0.3, 0.4) is 0 Å². The number of aliphatic hydroxyl groups is 1. The van der Waals surface area contributed by atoms with Crippen LogP contribution in [0, 0.1) is 18.7 Å². The fourth-order valence-corrected chi connectivity index (χ4v) is 3.73. The Kier molecular flexibility index (Phi) is 9.00. The second kappa shape index (κ2) is 11.9. The zero-order valence-corrected chi connectivity index (χ0v) is 19.9. The summed E-state index contributed by atoms with van der Waals surface area (Å²) in [6, 6.07) is 15.7. The molecule has 0 unspecified atom stereocenters. The predicted molar refractivity (Wildman–Crippen MR) is 127 cm³/mol. The molecule has 0 fully saturated rings.